The van der Waals surface area contributed by atoms with Gasteiger partial charge in [-0.25, -0.2) is 0 Å². The van der Waals surface area contributed by atoms with E-state index in [1.807, 2.05) is 0 Å². The van der Waals surface area contributed by atoms with Gasteiger partial charge in [0.05, 0.1) is 0 Å². The standard InChI is InChI=1S/C16H26/c1-13(2)10-11-16(14(3)4)12-15-8-6-5-7-9-15/h5-9,13-14,16H,10-12H2,1-4H3/t16-/m1/s1. The smallest absolute Gasteiger partial charge is 0.0248 e. The van der Waals surface area contributed by atoms with Crippen molar-refractivity contribution in [2.45, 2.75) is 47.0 Å². The molecule has 0 saturated heterocycles. The molecule has 0 aromatic heterocycles. The van der Waals surface area contributed by atoms with Crippen LogP contribution >= 0.6 is 0 Å². The SMILES string of the molecule is CC(C)CC[C@H](Cc1ccccc1)C(C)C. The van der Waals surface area contributed by atoms with E-state index >= 15 is 0 Å². The molecular formula is C16H26. The molecule has 0 fully saturated rings. The summed E-state index contributed by atoms with van der Waals surface area (Å²) in [6, 6.07) is 10.9. The van der Waals surface area contributed by atoms with Crippen molar-refractivity contribution in [1.29, 1.82) is 0 Å². The fourth-order valence-electron chi connectivity index (χ4n) is 2.14. The summed E-state index contributed by atoms with van der Waals surface area (Å²) >= 11 is 0. The summed E-state index contributed by atoms with van der Waals surface area (Å²) in [6.07, 6.45) is 3.96. The molecule has 16 heavy (non-hydrogen) atoms. The van der Waals surface area contributed by atoms with E-state index in [9.17, 15) is 0 Å². The highest BCUT2D eigenvalue weighted by atomic mass is 14.2. The van der Waals surface area contributed by atoms with E-state index in [0.717, 1.165) is 17.8 Å². The van der Waals surface area contributed by atoms with Gasteiger partial charge in [0.1, 0.15) is 0 Å². The number of benzene rings is 1. The van der Waals surface area contributed by atoms with Crippen molar-refractivity contribution >= 4 is 0 Å². The van der Waals surface area contributed by atoms with Crippen molar-refractivity contribution in [3.63, 3.8) is 0 Å². The monoisotopic (exact) mass is 218 g/mol. The summed E-state index contributed by atoms with van der Waals surface area (Å²) in [5.41, 5.74) is 1.49. The van der Waals surface area contributed by atoms with E-state index in [-0.39, 0.29) is 0 Å². The van der Waals surface area contributed by atoms with Crippen LogP contribution in [0.2, 0.25) is 0 Å². The van der Waals surface area contributed by atoms with E-state index < -0.39 is 0 Å². The average molecular weight is 218 g/mol. The summed E-state index contributed by atoms with van der Waals surface area (Å²) < 4.78 is 0. The maximum atomic E-state index is 2.36. The van der Waals surface area contributed by atoms with Crippen molar-refractivity contribution in [3.8, 4) is 0 Å². The zero-order valence-corrected chi connectivity index (χ0v) is 11.2. The van der Waals surface area contributed by atoms with Gasteiger partial charge in [0.15, 0.2) is 0 Å². The molecule has 0 N–H and O–H groups in total. The molecule has 0 aliphatic heterocycles. The Morgan fingerprint density at radius 1 is 0.875 bits per heavy atom. The first-order valence-corrected chi connectivity index (χ1v) is 6.63. The molecule has 0 saturated carbocycles. The molecular weight excluding hydrogens is 192 g/mol. The van der Waals surface area contributed by atoms with Gasteiger partial charge in [0, 0.05) is 0 Å². The lowest BCUT2D eigenvalue weighted by molar-refractivity contribution is 0.329. The molecule has 90 valence electrons. The van der Waals surface area contributed by atoms with Gasteiger partial charge < -0.3 is 0 Å². The Kier molecular flexibility index (Phi) is 5.59. The zero-order chi connectivity index (χ0) is 12.0. The molecule has 0 aliphatic carbocycles. The maximum absolute atomic E-state index is 2.36. The van der Waals surface area contributed by atoms with Crippen molar-refractivity contribution in [1.82, 2.24) is 0 Å². The predicted octanol–water partition coefficient (Wildman–Crippen LogP) is 4.94. The van der Waals surface area contributed by atoms with Gasteiger partial charge in [-0.15, -0.1) is 0 Å². The van der Waals surface area contributed by atoms with Gasteiger partial charge in [-0.05, 0) is 36.2 Å². The molecule has 0 heterocycles. The highest BCUT2D eigenvalue weighted by Crippen LogP contribution is 2.24. The van der Waals surface area contributed by atoms with Crippen LogP contribution in [0.5, 0.6) is 0 Å². The summed E-state index contributed by atoms with van der Waals surface area (Å²) in [7, 11) is 0. The molecule has 0 heteroatoms. The number of rotatable bonds is 6. The van der Waals surface area contributed by atoms with Crippen LogP contribution in [0.25, 0.3) is 0 Å². The minimum absolute atomic E-state index is 0.791. The first-order valence-electron chi connectivity index (χ1n) is 6.63. The average Bonchev–Trinajstić information content (AvgIpc) is 2.25. The van der Waals surface area contributed by atoms with Crippen LogP contribution in [-0.2, 0) is 6.42 Å². The lowest BCUT2D eigenvalue weighted by Crippen LogP contribution is -2.13. The van der Waals surface area contributed by atoms with E-state index in [4.69, 9.17) is 0 Å². The fourth-order valence-corrected chi connectivity index (χ4v) is 2.14. The predicted molar refractivity (Wildman–Crippen MR) is 72.5 cm³/mol. The molecule has 0 nitrogen and oxygen atoms in total. The van der Waals surface area contributed by atoms with Crippen molar-refractivity contribution in [3.05, 3.63) is 35.9 Å². The Morgan fingerprint density at radius 2 is 1.50 bits per heavy atom. The summed E-state index contributed by atoms with van der Waals surface area (Å²) in [5, 5.41) is 0. The van der Waals surface area contributed by atoms with Crippen molar-refractivity contribution < 1.29 is 0 Å². The second kappa shape index (κ2) is 6.73. The highest BCUT2D eigenvalue weighted by molar-refractivity contribution is 5.15. The van der Waals surface area contributed by atoms with Gasteiger partial charge in [0.2, 0.25) is 0 Å². The number of hydrogen-bond acceptors (Lipinski definition) is 0. The van der Waals surface area contributed by atoms with Crippen LogP contribution in [0.1, 0.15) is 46.1 Å². The Labute approximate surface area is 101 Å². The van der Waals surface area contributed by atoms with Gasteiger partial charge in [-0.3, -0.25) is 0 Å². The third kappa shape index (κ3) is 4.83. The largest absolute Gasteiger partial charge is 0.0628 e. The minimum atomic E-state index is 0.791. The van der Waals surface area contributed by atoms with Crippen LogP contribution in [0, 0.1) is 17.8 Å². The minimum Gasteiger partial charge on any atom is -0.0628 e. The van der Waals surface area contributed by atoms with Crippen LogP contribution in [0.3, 0.4) is 0 Å². The lowest BCUT2D eigenvalue weighted by Gasteiger charge is -2.22. The van der Waals surface area contributed by atoms with Gasteiger partial charge in [-0.1, -0.05) is 64.4 Å². The molecule has 0 aliphatic rings. The Balaban J connectivity index is 2.51. The topological polar surface area (TPSA) is 0 Å². The van der Waals surface area contributed by atoms with Crippen molar-refractivity contribution in [2.24, 2.45) is 17.8 Å². The quantitative estimate of drug-likeness (QED) is 0.634. The van der Waals surface area contributed by atoms with Crippen LogP contribution in [0.15, 0.2) is 30.3 Å². The first-order chi connectivity index (χ1) is 7.59. The molecule has 1 aromatic carbocycles. The molecule has 1 rings (SSSR count). The molecule has 0 spiro atoms. The maximum Gasteiger partial charge on any atom is -0.0248 e. The first kappa shape index (κ1) is 13.3. The zero-order valence-electron chi connectivity index (χ0n) is 11.2. The second-order valence-corrected chi connectivity index (χ2v) is 5.67. The van der Waals surface area contributed by atoms with E-state index in [0.29, 0.717) is 0 Å². The third-order valence-corrected chi connectivity index (χ3v) is 3.40. The Hall–Kier alpha value is -0.780. The lowest BCUT2D eigenvalue weighted by atomic mass is 9.84. The normalized spacial score (nSPS) is 13.4. The summed E-state index contributed by atoms with van der Waals surface area (Å²) in [5.74, 6) is 2.46. The van der Waals surface area contributed by atoms with Crippen LogP contribution in [-0.4, -0.2) is 0 Å². The van der Waals surface area contributed by atoms with Crippen molar-refractivity contribution in [2.75, 3.05) is 0 Å². The Bertz CT molecular complexity index is 271. The van der Waals surface area contributed by atoms with Gasteiger partial charge >= 0.3 is 0 Å². The Morgan fingerprint density at radius 3 is 2.00 bits per heavy atom. The molecule has 0 radical (unpaired) electrons. The van der Waals surface area contributed by atoms with E-state index in [1.165, 1.54) is 24.8 Å². The van der Waals surface area contributed by atoms with Gasteiger partial charge in [0.25, 0.3) is 0 Å². The number of hydrogen-bond donors (Lipinski definition) is 0. The molecule has 1 aromatic rings. The van der Waals surface area contributed by atoms with Crippen LogP contribution in [0.4, 0.5) is 0 Å². The van der Waals surface area contributed by atoms with E-state index in [2.05, 4.69) is 58.0 Å². The van der Waals surface area contributed by atoms with E-state index in [1.54, 1.807) is 0 Å². The molecule has 1 atom stereocenters. The second-order valence-electron chi connectivity index (χ2n) is 5.67. The fraction of sp³-hybridized carbons (Fsp3) is 0.625. The van der Waals surface area contributed by atoms with Gasteiger partial charge in [-0.2, -0.15) is 0 Å². The van der Waals surface area contributed by atoms with Crippen LogP contribution < -0.4 is 0 Å². The molecule has 0 amide bonds. The molecule has 0 unspecified atom stereocenters. The summed E-state index contributed by atoms with van der Waals surface area (Å²) in [6.45, 7) is 9.35. The third-order valence-electron chi connectivity index (χ3n) is 3.40. The summed E-state index contributed by atoms with van der Waals surface area (Å²) in [4.78, 5) is 0. The highest BCUT2D eigenvalue weighted by Gasteiger charge is 2.14. The molecule has 0 bridgehead atoms.